The van der Waals surface area contributed by atoms with Crippen molar-refractivity contribution in [2.24, 2.45) is 5.41 Å². The van der Waals surface area contributed by atoms with Gasteiger partial charge in [0, 0.05) is 13.0 Å². The highest BCUT2D eigenvalue weighted by molar-refractivity contribution is 6.21. The lowest BCUT2D eigenvalue weighted by molar-refractivity contribution is -0.130. The van der Waals surface area contributed by atoms with Crippen molar-refractivity contribution in [1.29, 1.82) is 0 Å². The summed E-state index contributed by atoms with van der Waals surface area (Å²) >= 11 is 0. The van der Waals surface area contributed by atoms with Gasteiger partial charge < -0.3 is 4.74 Å². The first-order chi connectivity index (χ1) is 16.4. The summed E-state index contributed by atoms with van der Waals surface area (Å²) < 4.78 is 5.51. The standard InChI is InChI=1S/C27H33N3O5/c1-26(2,3)17-27(4,5)18-10-12-19(13-11-18)35-16-23(32)29-28-22(31)14-15-30-24(33)20-8-6-7-9-21(20)25(30)34/h6-13H,14-17H2,1-5H3,(H,28,31)(H,29,32). The molecule has 0 saturated carbocycles. The summed E-state index contributed by atoms with van der Waals surface area (Å²) in [4.78, 5) is 49.8. The van der Waals surface area contributed by atoms with Gasteiger partial charge in [-0.2, -0.15) is 0 Å². The Morgan fingerprint density at radius 2 is 1.37 bits per heavy atom. The Hall–Kier alpha value is -3.68. The van der Waals surface area contributed by atoms with Crippen LogP contribution in [0.4, 0.5) is 0 Å². The maximum atomic E-state index is 12.3. The van der Waals surface area contributed by atoms with Gasteiger partial charge in [0.1, 0.15) is 5.75 Å². The van der Waals surface area contributed by atoms with E-state index in [4.69, 9.17) is 4.74 Å². The van der Waals surface area contributed by atoms with Crippen molar-refractivity contribution in [3.05, 3.63) is 65.2 Å². The zero-order valence-corrected chi connectivity index (χ0v) is 20.9. The van der Waals surface area contributed by atoms with Crippen molar-refractivity contribution < 1.29 is 23.9 Å². The van der Waals surface area contributed by atoms with Crippen LogP contribution in [-0.2, 0) is 15.0 Å². The third kappa shape index (κ3) is 6.68. The number of hydrogen-bond acceptors (Lipinski definition) is 5. The molecule has 2 N–H and O–H groups in total. The molecule has 35 heavy (non-hydrogen) atoms. The van der Waals surface area contributed by atoms with Crippen LogP contribution in [0.25, 0.3) is 0 Å². The number of nitrogens with one attached hydrogen (secondary N) is 2. The molecule has 1 aliphatic rings. The number of imide groups is 1. The van der Waals surface area contributed by atoms with Gasteiger partial charge in [0.15, 0.2) is 6.61 Å². The SMILES string of the molecule is CC(C)(C)CC(C)(C)c1ccc(OCC(=O)NNC(=O)CCN2C(=O)c3ccccc3C2=O)cc1. The van der Waals surface area contributed by atoms with E-state index in [-0.39, 0.29) is 30.4 Å². The smallest absolute Gasteiger partial charge is 0.276 e. The summed E-state index contributed by atoms with van der Waals surface area (Å²) in [5.41, 5.74) is 6.60. The van der Waals surface area contributed by atoms with E-state index >= 15 is 0 Å². The molecule has 0 spiro atoms. The molecular weight excluding hydrogens is 446 g/mol. The quantitative estimate of drug-likeness (QED) is 0.445. The number of amides is 4. The number of rotatable bonds is 8. The molecule has 0 atom stereocenters. The molecule has 0 aliphatic carbocycles. The van der Waals surface area contributed by atoms with Gasteiger partial charge in [-0.3, -0.25) is 34.9 Å². The van der Waals surface area contributed by atoms with Crippen LogP contribution in [0.5, 0.6) is 5.75 Å². The number of carbonyl (C=O) groups is 4. The molecule has 2 aromatic rings. The van der Waals surface area contributed by atoms with Gasteiger partial charge >= 0.3 is 0 Å². The van der Waals surface area contributed by atoms with E-state index in [9.17, 15) is 19.2 Å². The van der Waals surface area contributed by atoms with Crippen LogP contribution in [0.15, 0.2) is 48.5 Å². The van der Waals surface area contributed by atoms with Crippen molar-refractivity contribution in [3.63, 3.8) is 0 Å². The van der Waals surface area contributed by atoms with Gasteiger partial charge in [-0.1, -0.05) is 58.9 Å². The lowest BCUT2D eigenvalue weighted by atomic mass is 9.72. The summed E-state index contributed by atoms with van der Waals surface area (Å²) in [5, 5.41) is 0. The van der Waals surface area contributed by atoms with Crippen molar-refractivity contribution in [2.45, 2.75) is 52.9 Å². The lowest BCUT2D eigenvalue weighted by Crippen LogP contribution is -2.45. The first-order valence-corrected chi connectivity index (χ1v) is 11.6. The summed E-state index contributed by atoms with van der Waals surface area (Å²) in [7, 11) is 0. The molecule has 0 unspecified atom stereocenters. The predicted octanol–water partition coefficient (Wildman–Crippen LogP) is 3.61. The molecule has 8 nitrogen and oxygen atoms in total. The third-order valence-electron chi connectivity index (χ3n) is 5.76. The van der Waals surface area contributed by atoms with E-state index in [2.05, 4.69) is 45.5 Å². The Labute approximate surface area is 206 Å². The number of hydrogen-bond donors (Lipinski definition) is 2. The molecule has 0 saturated heterocycles. The van der Waals surface area contributed by atoms with Crippen molar-refractivity contribution in [3.8, 4) is 5.75 Å². The highest BCUT2D eigenvalue weighted by Gasteiger charge is 2.35. The Morgan fingerprint density at radius 3 is 1.91 bits per heavy atom. The van der Waals surface area contributed by atoms with E-state index < -0.39 is 23.6 Å². The van der Waals surface area contributed by atoms with Crippen LogP contribution in [0.2, 0.25) is 0 Å². The predicted molar refractivity (Wildman–Crippen MR) is 132 cm³/mol. The monoisotopic (exact) mass is 479 g/mol. The van der Waals surface area contributed by atoms with E-state index in [0.29, 0.717) is 16.9 Å². The molecule has 2 aromatic carbocycles. The van der Waals surface area contributed by atoms with Gasteiger partial charge in [-0.15, -0.1) is 0 Å². The summed E-state index contributed by atoms with van der Waals surface area (Å²) in [6, 6.07) is 14.2. The normalized spacial score (nSPS) is 13.5. The second kappa shape index (κ2) is 10.3. The number of nitrogens with zero attached hydrogens (tertiary/aromatic N) is 1. The van der Waals surface area contributed by atoms with Crippen LogP contribution in [0.1, 0.15) is 73.7 Å². The molecular formula is C27H33N3O5. The maximum Gasteiger partial charge on any atom is 0.276 e. The highest BCUT2D eigenvalue weighted by Crippen LogP contribution is 2.36. The Kier molecular flexibility index (Phi) is 7.63. The first-order valence-electron chi connectivity index (χ1n) is 11.6. The second-order valence-electron chi connectivity index (χ2n) is 10.6. The summed E-state index contributed by atoms with van der Waals surface area (Å²) in [6.45, 7) is 10.7. The van der Waals surface area contributed by atoms with Gasteiger partial charge in [-0.25, -0.2) is 0 Å². The minimum absolute atomic E-state index is 0.00548. The fraction of sp³-hybridized carbons (Fsp3) is 0.407. The number of fused-ring (bicyclic) bond motifs is 1. The molecule has 0 bridgehead atoms. The summed E-state index contributed by atoms with van der Waals surface area (Å²) in [5.74, 6) is -1.36. The number of ether oxygens (including phenoxy) is 1. The Bertz CT molecular complexity index is 1080. The molecule has 3 rings (SSSR count). The van der Waals surface area contributed by atoms with E-state index in [1.807, 2.05) is 24.3 Å². The second-order valence-corrected chi connectivity index (χ2v) is 10.6. The molecule has 8 heteroatoms. The number of benzene rings is 2. The van der Waals surface area contributed by atoms with E-state index in [1.165, 1.54) is 5.56 Å². The molecule has 186 valence electrons. The van der Waals surface area contributed by atoms with Crippen molar-refractivity contribution in [2.75, 3.05) is 13.2 Å². The highest BCUT2D eigenvalue weighted by atomic mass is 16.5. The Balaban J connectivity index is 1.40. The average Bonchev–Trinajstić information content (AvgIpc) is 3.03. The number of hydrazine groups is 1. The maximum absolute atomic E-state index is 12.3. The molecule has 0 radical (unpaired) electrons. The van der Waals surface area contributed by atoms with Crippen molar-refractivity contribution >= 4 is 23.6 Å². The molecule has 0 fully saturated rings. The Morgan fingerprint density at radius 1 is 0.829 bits per heavy atom. The molecule has 1 heterocycles. The van der Waals surface area contributed by atoms with Crippen LogP contribution >= 0.6 is 0 Å². The van der Waals surface area contributed by atoms with Crippen molar-refractivity contribution in [1.82, 2.24) is 15.8 Å². The fourth-order valence-electron chi connectivity index (χ4n) is 4.47. The first kappa shape index (κ1) is 25.9. The van der Waals surface area contributed by atoms with E-state index in [0.717, 1.165) is 11.3 Å². The zero-order chi connectivity index (χ0) is 25.8. The minimum atomic E-state index is -0.531. The molecule has 4 amide bonds. The van der Waals surface area contributed by atoms with Crippen LogP contribution in [-0.4, -0.2) is 41.7 Å². The van der Waals surface area contributed by atoms with E-state index in [1.54, 1.807) is 24.3 Å². The van der Waals surface area contributed by atoms with Gasteiger partial charge in [0.05, 0.1) is 11.1 Å². The fourth-order valence-corrected chi connectivity index (χ4v) is 4.47. The zero-order valence-electron chi connectivity index (χ0n) is 20.9. The minimum Gasteiger partial charge on any atom is -0.484 e. The third-order valence-corrected chi connectivity index (χ3v) is 5.76. The van der Waals surface area contributed by atoms with Gasteiger partial charge in [-0.05, 0) is 47.1 Å². The average molecular weight is 480 g/mol. The van der Waals surface area contributed by atoms with Crippen LogP contribution in [0, 0.1) is 5.41 Å². The topological polar surface area (TPSA) is 105 Å². The largest absolute Gasteiger partial charge is 0.484 e. The van der Waals surface area contributed by atoms with Crippen LogP contribution < -0.4 is 15.6 Å². The number of carbonyl (C=O) groups excluding carboxylic acids is 4. The molecule has 0 aromatic heterocycles. The lowest BCUT2D eigenvalue weighted by Gasteiger charge is -2.33. The van der Waals surface area contributed by atoms with Gasteiger partial charge in [0.25, 0.3) is 17.7 Å². The summed E-state index contributed by atoms with van der Waals surface area (Å²) in [6.07, 6.45) is 0.883. The van der Waals surface area contributed by atoms with Crippen LogP contribution in [0.3, 0.4) is 0 Å². The molecule has 1 aliphatic heterocycles. The van der Waals surface area contributed by atoms with Gasteiger partial charge in [0.2, 0.25) is 5.91 Å².